The second kappa shape index (κ2) is 7.58. The van der Waals surface area contributed by atoms with E-state index in [1.54, 1.807) is 18.4 Å². The molecule has 0 aliphatic carbocycles. The Balaban J connectivity index is 1.95. The predicted octanol–water partition coefficient (Wildman–Crippen LogP) is 4.91. The first-order valence-electron chi connectivity index (χ1n) is 8.99. The molecule has 138 valence electrons. The molecule has 26 heavy (non-hydrogen) atoms. The van der Waals surface area contributed by atoms with Crippen LogP contribution in [-0.4, -0.2) is 27.1 Å². The molecule has 2 aromatic heterocycles. The summed E-state index contributed by atoms with van der Waals surface area (Å²) in [6, 6.07) is 6.36. The minimum absolute atomic E-state index is 0.597. The molecule has 2 heterocycles. The Bertz CT molecular complexity index is 887. The van der Waals surface area contributed by atoms with E-state index >= 15 is 0 Å². The summed E-state index contributed by atoms with van der Waals surface area (Å²) in [6.07, 6.45) is 1.02. The summed E-state index contributed by atoms with van der Waals surface area (Å²) < 4.78 is 7.52. The number of hydrogen-bond donors (Lipinski definition) is 0. The zero-order valence-corrected chi connectivity index (χ0v) is 17.1. The molecule has 0 atom stereocenters. The molecule has 0 spiro atoms. The highest BCUT2D eigenvalue weighted by Gasteiger charge is 2.16. The monoisotopic (exact) mass is 370 g/mol. The van der Waals surface area contributed by atoms with Gasteiger partial charge in [0.05, 0.1) is 7.11 Å². The summed E-state index contributed by atoms with van der Waals surface area (Å²) in [7, 11) is 1.71. The number of hydrogen-bond acceptors (Lipinski definition) is 5. The maximum absolute atomic E-state index is 5.46. The molecule has 1 aromatic carbocycles. The quantitative estimate of drug-likeness (QED) is 0.618. The van der Waals surface area contributed by atoms with Gasteiger partial charge in [-0.2, -0.15) is 5.10 Å². The molecular formula is C20H26N4OS. The van der Waals surface area contributed by atoms with Crippen molar-refractivity contribution in [1.29, 1.82) is 0 Å². The van der Waals surface area contributed by atoms with Crippen LogP contribution in [0.5, 0.6) is 5.75 Å². The van der Waals surface area contributed by atoms with Crippen molar-refractivity contribution < 1.29 is 4.74 Å². The highest BCUT2D eigenvalue weighted by Crippen LogP contribution is 2.34. The van der Waals surface area contributed by atoms with Crippen LogP contribution < -0.4 is 4.74 Å². The van der Waals surface area contributed by atoms with Crippen molar-refractivity contribution >= 4 is 11.3 Å². The van der Waals surface area contributed by atoms with E-state index < -0.39 is 0 Å². The third-order valence-electron chi connectivity index (χ3n) is 4.34. The van der Waals surface area contributed by atoms with Crippen molar-refractivity contribution in [2.45, 2.75) is 47.6 Å². The Morgan fingerprint density at radius 1 is 1.08 bits per heavy atom. The van der Waals surface area contributed by atoms with E-state index in [-0.39, 0.29) is 0 Å². The topological polar surface area (TPSA) is 52.8 Å². The average molecular weight is 371 g/mol. The summed E-state index contributed by atoms with van der Waals surface area (Å²) in [5.74, 6) is 1.53. The third kappa shape index (κ3) is 3.65. The van der Waals surface area contributed by atoms with E-state index in [9.17, 15) is 0 Å². The summed E-state index contributed by atoms with van der Waals surface area (Å²) in [6.45, 7) is 11.5. The van der Waals surface area contributed by atoms with Crippen LogP contribution in [0.1, 0.15) is 37.6 Å². The van der Waals surface area contributed by atoms with E-state index in [2.05, 4.69) is 67.7 Å². The minimum Gasteiger partial charge on any atom is -0.496 e. The molecule has 0 saturated heterocycles. The molecular weight excluding hydrogens is 344 g/mol. The van der Waals surface area contributed by atoms with Gasteiger partial charge in [-0.05, 0) is 62.4 Å². The highest BCUT2D eigenvalue weighted by atomic mass is 32.1. The van der Waals surface area contributed by atoms with Crippen LogP contribution in [0, 0.1) is 19.8 Å². The van der Waals surface area contributed by atoms with Gasteiger partial charge in [0, 0.05) is 17.8 Å². The lowest BCUT2D eigenvalue weighted by atomic mass is 10.1. The zero-order valence-electron chi connectivity index (χ0n) is 16.3. The SMILES string of the molecule is CCn1nc(-c2nnc(-c3cc(C)c(OC)c(C)c3)s2)cc1CC(C)C. The first-order valence-corrected chi connectivity index (χ1v) is 9.80. The molecule has 0 aliphatic rings. The van der Waals surface area contributed by atoms with E-state index in [1.165, 1.54) is 5.69 Å². The summed E-state index contributed by atoms with van der Waals surface area (Å²) in [4.78, 5) is 0. The fraction of sp³-hybridized carbons (Fsp3) is 0.450. The van der Waals surface area contributed by atoms with Crippen molar-refractivity contribution in [3.05, 3.63) is 35.0 Å². The molecule has 3 aromatic rings. The van der Waals surface area contributed by atoms with Gasteiger partial charge in [0.1, 0.15) is 16.5 Å². The number of nitrogens with zero attached hydrogens (tertiary/aromatic N) is 4. The average Bonchev–Trinajstić information content (AvgIpc) is 3.20. The maximum Gasteiger partial charge on any atom is 0.168 e. The lowest BCUT2D eigenvalue weighted by Crippen LogP contribution is -2.05. The normalized spacial score (nSPS) is 11.3. The molecule has 0 aliphatic heterocycles. The molecule has 0 amide bonds. The van der Waals surface area contributed by atoms with Gasteiger partial charge in [-0.15, -0.1) is 10.2 Å². The Kier molecular flexibility index (Phi) is 5.41. The smallest absolute Gasteiger partial charge is 0.168 e. The van der Waals surface area contributed by atoms with E-state index in [0.717, 1.165) is 51.1 Å². The van der Waals surface area contributed by atoms with Gasteiger partial charge in [-0.3, -0.25) is 4.68 Å². The largest absolute Gasteiger partial charge is 0.496 e. The Hall–Kier alpha value is -2.21. The lowest BCUT2D eigenvalue weighted by Gasteiger charge is -2.09. The number of methoxy groups -OCH3 is 1. The predicted molar refractivity (Wildman–Crippen MR) is 107 cm³/mol. The van der Waals surface area contributed by atoms with Crippen LogP contribution in [-0.2, 0) is 13.0 Å². The van der Waals surface area contributed by atoms with Gasteiger partial charge in [0.2, 0.25) is 0 Å². The number of benzene rings is 1. The van der Waals surface area contributed by atoms with Gasteiger partial charge < -0.3 is 4.74 Å². The van der Waals surface area contributed by atoms with Crippen LogP contribution in [0.4, 0.5) is 0 Å². The van der Waals surface area contributed by atoms with Gasteiger partial charge >= 0.3 is 0 Å². The fourth-order valence-corrected chi connectivity index (χ4v) is 4.04. The molecule has 5 nitrogen and oxygen atoms in total. The van der Waals surface area contributed by atoms with Gasteiger partial charge in [-0.25, -0.2) is 0 Å². The van der Waals surface area contributed by atoms with E-state index in [4.69, 9.17) is 9.84 Å². The molecule has 0 saturated carbocycles. The Morgan fingerprint density at radius 3 is 2.31 bits per heavy atom. The highest BCUT2D eigenvalue weighted by molar-refractivity contribution is 7.17. The second-order valence-electron chi connectivity index (χ2n) is 6.99. The molecule has 0 N–H and O–H groups in total. The standard InChI is InChI=1S/C20H26N4OS/c1-7-24-16(8-12(2)3)11-17(23-24)20-22-21-19(26-20)15-9-13(4)18(25-6)14(5)10-15/h9-12H,7-8H2,1-6H3. The fourth-order valence-electron chi connectivity index (χ4n) is 3.26. The summed E-state index contributed by atoms with van der Waals surface area (Å²) in [5, 5.41) is 15.3. The van der Waals surface area contributed by atoms with Crippen LogP contribution in [0.3, 0.4) is 0 Å². The van der Waals surface area contributed by atoms with Crippen molar-refractivity contribution in [2.75, 3.05) is 7.11 Å². The van der Waals surface area contributed by atoms with Crippen molar-refractivity contribution in [3.63, 3.8) is 0 Å². The lowest BCUT2D eigenvalue weighted by molar-refractivity contribution is 0.408. The van der Waals surface area contributed by atoms with Crippen LogP contribution in [0.15, 0.2) is 18.2 Å². The second-order valence-corrected chi connectivity index (χ2v) is 7.97. The first kappa shape index (κ1) is 18.6. The molecule has 6 heteroatoms. The van der Waals surface area contributed by atoms with Crippen molar-refractivity contribution in [3.8, 4) is 27.0 Å². The zero-order chi connectivity index (χ0) is 18.8. The Morgan fingerprint density at radius 2 is 1.73 bits per heavy atom. The van der Waals surface area contributed by atoms with Gasteiger partial charge in [-0.1, -0.05) is 25.2 Å². The van der Waals surface area contributed by atoms with Crippen molar-refractivity contribution in [1.82, 2.24) is 20.0 Å². The van der Waals surface area contributed by atoms with Crippen LogP contribution >= 0.6 is 11.3 Å². The van der Waals surface area contributed by atoms with Gasteiger partial charge in [0.25, 0.3) is 0 Å². The van der Waals surface area contributed by atoms with E-state index in [1.807, 2.05) is 0 Å². The molecule has 3 rings (SSSR count). The molecule has 0 fully saturated rings. The third-order valence-corrected chi connectivity index (χ3v) is 5.33. The summed E-state index contributed by atoms with van der Waals surface area (Å²) in [5.41, 5.74) is 5.45. The number of rotatable bonds is 6. The number of aryl methyl sites for hydroxylation is 3. The summed E-state index contributed by atoms with van der Waals surface area (Å²) >= 11 is 1.58. The maximum atomic E-state index is 5.46. The van der Waals surface area contributed by atoms with E-state index in [0.29, 0.717) is 5.92 Å². The van der Waals surface area contributed by atoms with Gasteiger partial charge in [0.15, 0.2) is 5.01 Å². The molecule has 0 bridgehead atoms. The van der Waals surface area contributed by atoms with Crippen molar-refractivity contribution in [2.24, 2.45) is 5.92 Å². The number of aromatic nitrogens is 4. The molecule has 0 radical (unpaired) electrons. The Labute approximate surface area is 159 Å². The number of ether oxygens (including phenoxy) is 1. The molecule has 0 unspecified atom stereocenters. The minimum atomic E-state index is 0.597. The first-order chi connectivity index (χ1) is 12.4. The van der Waals surface area contributed by atoms with Crippen LogP contribution in [0.2, 0.25) is 0 Å². The van der Waals surface area contributed by atoms with Crippen LogP contribution in [0.25, 0.3) is 21.3 Å².